The molecule has 0 atom stereocenters. The number of nitrogens with zero attached hydrogens (tertiary/aromatic N) is 2. The van der Waals surface area contributed by atoms with Crippen LogP contribution in [0.5, 0.6) is 0 Å². The lowest BCUT2D eigenvalue weighted by Gasteiger charge is -2.31. The summed E-state index contributed by atoms with van der Waals surface area (Å²) in [6, 6.07) is 1.68. The van der Waals surface area contributed by atoms with Crippen LogP contribution < -0.4 is 16.0 Å². The van der Waals surface area contributed by atoms with Gasteiger partial charge in [0.25, 0.3) is 5.91 Å². The van der Waals surface area contributed by atoms with E-state index in [-0.39, 0.29) is 17.9 Å². The van der Waals surface area contributed by atoms with Gasteiger partial charge in [-0.1, -0.05) is 0 Å². The van der Waals surface area contributed by atoms with Gasteiger partial charge in [-0.25, -0.2) is 4.98 Å². The number of piperidine rings is 1. The van der Waals surface area contributed by atoms with Crippen molar-refractivity contribution in [3.63, 3.8) is 0 Å². The monoisotopic (exact) mass is 319 g/mol. The van der Waals surface area contributed by atoms with Gasteiger partial charge in [-0.3, -0.25) is 14.4 Å². The van der Waals surface area contributed by atoms with E-state index in [0.717, 1.165) is 12.8 Å². The Kier molecular flexibility index (Phi) is 5.51. The first kappa shape index (κ1) is 16.7. The van der Waals surface area contributed by atoms with Gasteiger partial charge in [0.1, 0.15) is 0 Å². The van der Waals surface area contributed by atoms with Crippen molar-refractivity contribution in [1.29, 1.82) is 0 Å². The smallest absolute Gasteiger partial charge is 0.253 e. The van der Waals surface area contributed by atoms with Crippen LogP contribution in [0.2, 0.25) is 0 Å². The van der Waals surface area contributed by atoms with Gasteiger partial charge in [0, 0.05) is 39.3 Å². The Hall–Kier alpha value is -2.64. The molecule has 2 rings (SSSR count). The van der Waals surface area contributed by atoms with E-state index in [2.05, 4.69) is 20.9 Å². The highest BCUT2D eigenvalue weighted by molar-refractivity contribution is 5.96. The van der Waals surface area contributed by atoms with E-state index in [4.69, 9.17) is 0 Å². The van der Waals surface area contributed by atoms with Crippen molar-refractivity contribution in [3.8, 4) is 0 Å². The van der Waals surface area contributed by atoms with Gasteiger partial charge >= 0.3 is 0 Å². The minimum atomic E-state index is -0.215. The van der Waals surface area contributed by atoms with Crippen molar-refractivity contribution in [2.45, 2.75) is 25.8 Å². The molecule has 1 aromatic rings. The SMILES string of the molecule is CNc1cc(C(=O)NC2CCN(C(C)=O)CC2)cnc1NC=O. The number of likely N-dealkylation sites (tertiary alicyclic amines) is 1. The highest BCUT2D eigenvalue weighted by Crippen LogP contribution is 2.19. The summed E-state index contributed by atoms with van der Waals surface area (Å²) < 4.78 is 0. The maximum absolute atomic E-state index is 12.3. The number of nitrogens with one attached hydrogen (secondary N) is 3. The van der Waals surface area contributed by atoms with E-state index in [1.807, 2.05) is 0 Å². The molecule has 3 amide bonds. The minimum Gasteiger partial charge on any atom is -0.385 e. The molecule has 1 saturated heterocycles. The lowest BCUT2D eigenvalue weighted by atomic mass is 10.0. The molecule has 124 valence electrons. The van der Waals surface area contributed by atoms with Crippen LogP contribution in [-0.4, -0.2) is 54.3 Å². The molecule has 0 unspecified atom stereocenters. The molecule has 8 heteroatoms. The van der Waals surface area contributed by atoms with Gasteiger partial charge in [-0.15, -0.1) is 0 Å². The quantitative estimate of drug-likeness (QED) is 0.683. The third kappa shape index (κ3) is 4.18. The summed E-state index contributed by atoms with van der Waals surface area (Å²) >= 11 is 0. The predicted molar refractivity (Wildman–Crippen MR) is 86.2 cm³/mol. The number of hydrogen-bond acceptors (Lipinski definition) is 5. The zero-order chi connectivity index (χ0) is 16.8. The molecule has 0 radical (unpaired) electrons. The van der Waals surface area contributed by atoms with Gasteiger partial charge in [0.2, 0.25) is 12.3 Å². The summed E-state index contributed by atoms with van der Waals surface area (Å²) in [5.41, 5.74) is 0.982. The Morgan fingerprint density at radius 2 is 2.04 bits per heavy atom. The largest absolute Gasteiger partial charge is 0.385 e. The maximum atomic E-state index is 12.3. The normalized spacial score (nSPS) is 15.0. The molecular weight excluding hydrogens is 298 g/mol. The van der Waals surface area contributed by atoms with Gasteiger partial charge in [0.15, 0.2) is 5.82 Å². The van der Waals surface area contributed by atoms with E-state index < -0.39 is 0 Å². The van der Waals surface area contributed by atoms with Crippen LogP contribution in [0.3, 0.4) is 0 Å². The Morgan fingerprint density at radius 3 is 2.61 bits per heavy atom. The van der Waals surface area contributed by atoms with Crippen molar-refractivity contribution < 1.29 is 14.4 Å². The van der Waals surface area contributed by atoms with Crippen molar-refractivity contribution in [1.82, 2.24) is 15.2 Å². The van der Waals surface area contributed by atoms with Crippen molar-refractivity contribution in [2.75, 3.05) is 30.8 Å². The summed E-state index contributed by atoms with van der Waals surface area (Å²) in [6.07, 6.45) is 3.43. The standard InChI is InChI=1S/C15H21N5O3/c1-10(22)20-5-3-12(4-6-20)19-15(23)11-7-13(16-2)14(17-8-11)18-9-21/h7-9,12,16H,3-6H2,1-2H3,(H,19,23)(H,17,18,21). The Labute approximate surface area is 134 Å². The average molecular weight is 319 g/mol. The molecule has 1 aliphatic rings. The number of carbonyl (C=O) groups excluding carboxylic acids is 3. The van der Waals surface area contributed by atoms with Crippen molar-refractivity contribution in [3.05, 3.63) is 17.8 Å². The second-order valence-corrected chi connectivity index (χ2v) is 5.39. The number of rotatable bonds is 5. The van der Waals surface area contributed by atoms with Gasteiger partial charge < -0.3 is 20.9 Å². The first-order valence-electron chi connectivity index (χ1n) is 7.49. The van der Waals surface area contributed by atoms with Crippen LogP contribution >= 0.6 is 0 Å². The highest BCUT2D eigenvalue weighted by Gasteiger charge is 2.22. The molecule has 23 heavy (non-hydrogen) atoms. The fraction of sp³-hybridized carbons (Fsp3) is 0.467. The molecule has 1 fully saturated rings. The number of hydrogen-bond donors (Lipinski definition) is 3. The Morgan fingerprint density at radius 1 is 1.35 bits per heavy atom. The lowest BCUT2D eigenvalue weighted by molar-refractivity contribution is -0.129. The first-order valence-corrected chi connectivity index (χ1v) is 7.49. The maximum Gasteiger partial charge on any atom is 0.253 e. The summed E-state index contributed by atoms with van der Waals surface area (Å²) in [5, 5.41) is 8.32. The zero-order valence-corrected chi connectivity index (χ0v) is 13.3. The van der Waals surface area contributed by atoms with Crippen LogP contribution in [0.15, 0.2) is 12.3 Å². The fourth-order valence-electron chi connectivity index (χ4n) is 2.56. The summed E-state index contributed by atoms with van der Waals surface area (Å²) in [6.45, 7) is 2.86. The van der Waals surface area contributed by atoms with E-state index in [1.54, 1.807) is 24.9 Å². The second kappa shape index (κ2) is 7.57. The summed E-state index contributed by atoms with van der Waals surface area (Å²) in [4.78, 5) is 40.0. The third-order valence-electron chi connectivity index (χ3n) is 3.89. The zero-order valence-electron chi connectivity index (χ0n) is 13.3. The predicted octanol–water partition coefficient (Wildman–Crippen LogP) is 0.432. The van der Waals surface area contributed by atoms with Gasteiger partial charge in [-0.05, 0) is 18.9 Å². The summed E-state index contributed by atoms with van der Waals surface area (Å²) in [7, 11) is 1.69. The minimum absolute atomic E-state index is 0.0453. The van der Waals surface area contributed by atoms with E-state index in [0.29, 0.717) is 36.6 Å². The van der Waals surface area contributed by atoms with Crippen LogP contribution in [-0.2, 0) is 9.59 Å². The molecule has 0 aromatic carbocycles. The van der Waals surface area contributed by atoms with Crippen LogP contribution in [0.1, 0.15) is 30.1 Å². The molecular formula is C15H21N5O3. The lowest BCUT2D eigenvalue weighted by Crippen LogP contribution is -2.46. The Balaban J connectivity index is 1.98. The number of aromatic nitrogens is 1. The molecule has 1 aromatic heterocycles. The van der Waals surface area contributed by atoms with Crippen LogP contribution in [0.25, 0.3) is 0 Å². The first-order chi connectivity index (χ1) is 11.0. The molecule has 0 bridgehead atoms. The summed E-state index contributed by atoms with van der Waals surface area (Å²) in [5.74, 6) is 0.220. The van der Waals surface area contributed by atoms with Crippen LogP contribution in [0.4, 0.5) is 11.5 Å². The fourth-order valence-corrected chi connectivity index (χ4v) is 2.56. The second-order valence-electron chi connectivity index (χ2n) is 5.39. The van der Waals surface area contributed by atoms with Crippen molar-refractivity contribution in [2.24, 2.45) is 0 Å². The molecule has 0 spiro atoms. The van der Waals surface area contributed by atoms with E-state index in [1.165, 1.54) is 6.20 Å². The van der Waals surface area contributed by atoms with E-state index >= 15 is 0 Å². The molecule has 0 saturated carbocycles. The molecule has 1 aliphatic heterocycles. The number of anilines is 2. The van der Waals surface area contributed by atoms with E-state index in [9.17, 15) is 14.4 Å². The molecule has 3 N–H and O–H groups in total. The van der Waals surface area contributed by atoms with Gasteiger partial charge in [-0.2, -0.15) is 0 Å². The number of pyridine rings is 1. The average Bonchev–Trinajstić information content (AvgIpc) is 2.55. The molecule has 8 nitrogen and oxygen atoms in total. The third-order valence-corrected chi connectivity index (χ3v) is 3.89. The highest BCUT2D eigenvalue weighted by atomic mass is 16.2. The Bertz CT molecular complexity index is 597. The number of carbonyl (C=O) groups is 3. The van der Waals surface area contributed by atoms with Gasteiger partial charge in [0.05, 0.1) is 11.3 Å². The number of amides is 3. The molecule has 2 heterocycles. The topological polar surface area (TPSA) is 103 Å². The molecule has 0 aliphatic carbocycles. The van der Waals surface area contributed by atoms with Crippen molar-refractivity contribution >= 4 is 29.7 Å². The van der Waals surface area contributed by atoms with Crippen LogP contribution in [0, 0.1) is 0 Å².